The van der Waals surface area contributed by atoms with Crippen molar-refractivity contribution in [3.8, 4) is 0 Å². The van der Waals surface area contributed by atoms with Crippen LogP contribution in [0.25, 0.3) is 0 Å². The van der Waals surface area contributed by atoms with Crippen LogP contribution in [0.4, 0.5) is 16.2 Å². The lowest BCUT2D eigenvalue weighted by molar-refractivity contribution is 0.248. The number of carbonyl (C=O) groups is 1. The molecule has 5 nitrogen and oxygen atoms in total. The lowest BCUT2D eigenvalue weighted by Gasteiger charge is -2.13. The van der Waals surface area contributed by atoms with Gasteiger partial charge in [0.1, 0.15) is 5.76 Å². The Morgan fingerprint density at radius 2 is 2.05 bits per heavy atom. The zero-order chi connectivity index (χ0) is 13.7. The Morgan fingerprint density at radius 1 is 1.32 bits per heavy atom. The lowest BCUT2D eigenvalue weighted by atomic mass is 10.2. The van der Waals surface area contributed by atoms with E-state index >= 15 is 0 Å². The first-order valence-corrected chi connectivity index (χ1v) is 6.09. The van der Waals surface area contributed by atoms with E-state index in [2.05, 4.69) is 10.6 Å². The van der Waals surface area contributed by atoms with Crippen LogP contribution in [-0.2, 0) is 6.42 Å². The van der Waals surface area contributed by atoms with E-state index in [0.29, 0.717) is 17.8 Å². The third kappa shape index (κ3) is 4.06. The summed E-state index contributed by atoms with van der Waals surface area (Å²) in [5, 5.41) is 5.58. The molecule has 5 heteroatoms. The Kier molecular flexibility index (Phi) is 4.07. The molecule has 1 atom stereocenters. The van der Waals surface area contributed by atoms with Gasteiger partial charge in [-0.15, -0.1) is 0 Å². The summed E-state index contributed by atoms with van der Waals surface area (Å²) in [4.78, 5) is 11.8. The first kappa shape index (κ1) is 13.0. The molecule has 19 heavy (non-hydrogen) atoms. The van der Waals surface area contributed by atoms with E-state index in [1.165, 1.54) is 0 Å². The fourth-order valence-electron chi connectivity index (χ4n) is 1.74. The van der Waals surface area contributed by atoms with Crippen molar-refractivity contribution >= 4 is 17.4 Å². The van der Waals surface area contributed by atoms with Gasteiger partial charge in [0.2, 0.25) is 0 Å². The van der Waals surface area contributed by atoms with Gasteiger partial charge >= 0.3 is 6.03 Å². The Morgan fingerprint density at radius 3 is 2.68 bits per heavy atom. The second-order valence-electron chi connectivity index (χ2n) is 4.41. The van der Waals surface area contributed by atoms with Gasteiger partial charge in [0.15, 0.2) is 0 Å². The van der Waals surface area contributed by atoms with Crippen molar-refractivity contribution in [3.63, 3.8) is 0 Å². The smallest absolute Gasteiger partial charge is 0.319 e. The predicted octanol–water partition coefficient (Wildman–Crippen LogP) is 2.61. The van der Waals surface area contributed by atoms with Gasteiger partial charge in [0, 0.05) is 23.8 Å². The average molecular weight is 259 g/mol. The minimum absolute atomic E-state index is 0.0140. The number of hydrogen-bond acceptors (Lipinski definition) is 3. The second-order valence-corrected chi connectivity index (χ2v) is 4.41. The van der Waals surface area contributed by atoms with E-state index in [0.717, 1.165) is 5.76 Å². The van der Waals surface area contributed by atoms with E-state index in [1.807, 2.05) is 19.1 Å². The molecule has 1 unspecified atom stereocenters. The molecule has 1 aromatic heterocycles. The summed E-state index contributed by atoms with van der Waals surface area (Å²) in [7, 11) is 0. The Balaban J connectivity index is 1.82. The normalized spacial score (nSPS) is 11.8. The Hall–Kier alpha value is -2.43. The third-order valence-electron chi connectivity index (χ3n) is 2.63. The molecule has 100 valence electrons. The standard InChI is InChI=1S/C14H17N3O2/c1-10(9-13-3-2-8-19-13)16-14(18)17-12-6-4-11(15)5-7-12/h2-8,10H,9,15H2,1H3,(H2,16,17,18). The molecule has 0 aliphatic carbocycles. The number of amides is 2. The maximum Gasteiger partial charge on any atom is 0.319 e. The van der Waals surface area contributed by atoms with Crippen molar-refractivity contribution in [1.82, 2.24) is 5.32 Å². The first-order chi connectivity index (χ1) is 9.13. The minimum Gasteiger partial charge on any atom is -0.469 e. The van der Waals surface area contributed by atoms with Crippen LogP contribution in [0.5, 0.6) is 0 Å². The zero-order valence-corrected chi connectivity index (χ0v) is 10.7. The van der Waals surface area contributed by atoms with E-state index in [-0.39, 0.29) is 12.1 Å². The third-order valence-corrected chi connectivity index (χ3v) is 2.63. The number of nitrogens with two attached hydrogens (primary N) is 1. The lowest BCUT2D eigenvalue weighted by Crippen LogP contribution is -2.37. The van der Waals surface area contributed by atoms with Crippen LogP contribution < -0.4 is 16.4 Å². The van der Waals surface area contributed by atoms with Crippen molar-refractivity contribution in [2.24, 2.45) is 0 Å². The molecule has 2 rings (SSSR count). The quantitative estimate of drug-likeness (QED) is 0.738. The van der Waals surface area contributed by atoms with Crippen molar-refractivity contribution in [2.45, 2.75) is 19.4 Å². The minimum atomic E-state index is -0.246. The summed E-state index contributed by atoms with van der Waals surface area (Å²) in [5.41, 5.74) is 6.94. The zero-order valence-electron chi connectivity index (χ0n) is 10.7. The maximum absolute atomic E-state index is 11.8. The number of nitrogen functional groups attached to an aromatic ring is 1. The molecule has 0 aliphatic heterocycles. The first-order valence-electron chi connectivity index (χ1n) is 6.09. The fraction of sp³-hybridized carbons (Fsp3) is 0.214. The van der Waals surface area contributed by atoms with Crippen molar-refractivity contribution in [1.29, 1.82) is 0 Å². The second kappa shape index (κ2) is 5.95. The molecule has 0 saturated heterocycles. The number of furan rings is 1. The molecule has 0 fully saturated rings. The number of nitrogens with one attached hydrogen (secondary N) is 2. The fourth-order valence-corrected chi connectivity index (χ4v) is 1.74. The predicted molar refractivity (Wildman–Crippen MR) is 74.9 cm³/mol. The number of benzene rings is 1. The van der Waals surface area contributed by atoms with E-state index in [9.17, 15) is 4.79 Å². The maximum atomic E-state index is 11.8. The molecule has 4 N–H and O–H groups in total. The highest BCUT2D eigenvalue weighted by molar-refractivity contribution is 5.89. The highest BCUT2D eigenvalue weighted by Gasteiger charge is 2.09. The van der Waals surface area contributed by atoms with Gasteiger partial charge in [-0.2, -0.15) is 0 Å². The molecule has 0 spiro atoms. The van der Waals surface area contributed by atoms with Gasteiger partial charge in [0.05, 0.1) is 6.26 Å². The molecule has 2 amide bonds. The number of urea groups is 1. The summed E-state index contributed by atoms with van der Waals surface area (Å²) >= 11 is 0. The molecular weight excluding hydrogens is 242 g/mol. The van der Waals surface area contributed by atoms with Crippen LogP contribution in [-0.4, -0.2) is 12.1 Å². The van der Waals surface area contributed by atoms with Gasteiger partial charge in [-0.3, -0.25) is 0 Å². The molecular formula is C14H17N3O2. The molecule has 0 saturated carbocycles. The molecule has 0 radical (unpaired) electrons. The number of carbonyl (C=O) groups excluding carboxylic acids is 1. The van der Waals surface area contributed by atoms with E-state index < -0.39 is 0 Å². The average Bonchev–Trinajstić information content (AvgIpc) is 2.84. The van der Waals surface area contributed by atoms with Gasteiger partial charge in [-0.1, -0.05) is 0 Å². The monoisotopic (exact) mass is 259 g/mol. The number of anilines is 2. The molecule has 2 aromatic rings. The van der Waals surface area contributed by atoms with Crippen LogP contribution in [0.15, 0.2) is 47.1 Å². The van der Waals surface area contributed by atoms with Crippen LogP contribution in [0.1, 0.15) is 12.7 Å². The topological polar surface area (TPSA) is 80.3 Å². The van der Waals surface area contributed by atoms with Gasteiger partial charge < -0.3 is 20.8 Å². The van der Waals surface area contributed by atoms with Crippen LogP contribution in [0, 0.1) is 0 Å². The van der Waals surface area contributed by atoms with Gasteiger partial charge in [0.25, 0.3) is 0 Å². The summed E-state index contributed by atoms with van der Waals surface area (Å²) in [6.07, 6.45) is 2.28. The SMILES string of the molecule is CC(Cc1ccco1)NC(=O)Nc1ccc(N)cc1. The number of hydrogen-bond donors (Lipinski definition) is 3. The summed E-state index contributed by atoms with van der Waals surface area (Å²) < 4.78 is 5.23. The molecule has 1 aromatic carbocycles. The summed E-state index contributed by atoms with van der Waals surface area (Å²) in [6.45, 7) is 1.92. The summed E-state index contributed by atoms with van der Waals surface area (Å²) in [6, 6.07) is 10.4. The Bertz CT molecular complexity index is 520. The van der Waals surface area contributed by atoms with Crippen molar-refractivity contribution < 1.29 is 9.21 Å². The van der Waals surface area contributed by atoms with Crippen LogP contribution in [0.2, 0.25) is 0 Å². The van der Waals surface area contributed by atoms with E-state index in [4.69, 9.17) is 10.2 Å². The van der Waals surface area contributed by atoms with Crippen LogP contribution in [0.3, 0.4) is 0 Å². The van der Waals surface area contributed by atoms with Gasteiger partial charge in [-0.05, 0) is 43.3 Å². The van der Waals surface area contributed by atoms with Crippen LogP contribution >= 0.6 is 0 Å². The summed E-state index contributed by atoms with van der Waals surface area (Å²) in [5.74, 6) is 0.847. The largest absolute Gasteiger partial charge is 0.469 e. The van der Waals surface area contributed by atoms with E-state index in [1.54, 1.807) is 30.5 Å². The van der Waals surface area contributed by atoms with Gasteiger partial charge in [-0.25, -0.2) is 4.79 Å². The highest BCUT2D eigenvalue weighted by atomic mass is 16.3. The van der Waals surface area contributed by atoms with Crippen molar-refractivity contribution in [3.05, 3.63) is 48.4 Å². The highest BCUT2D eigenvalue weighted by Crippen LogP contribution is 2.10. The van der Waals surface area contributed by atoms with Crippen molar-refractivity contribution in [2.75, 3.05) is 11.1 Å². The molecule has 0 aliphatic rings. The molecule has 1 heterocycles. The molecule has 0 bridgehead atoms. The number of rotatable bonds is 4. The Labute approximate surface area is 111 Å².